The Hall–Kier alpha value is -3.06. The lowest BCUT2D eigenvalue weighted by atomic mass is 9.99. The van der Waals surface area contributed by atoms with Crippen LogP contribution in [0.4, 0.5) is 10.1 Å². The second-order valence-corrected chi connectivity index (χ2v) is 6.72. The van der Waals surface area contributed by atoms with Crippen molar-refractivity contribution in [1.82, 2.24) is 20.3 Å². The average Bonchev–Trinajstić information content (AvgIpc) is 3.06. The van der Waals surface area contributed by atoms with Crippen LogP contribution in [0.5, 0.6) is 0 Å². The van der Waals surface area contributed by atoms with Crippen molar-refractivity contribution in [3.05, 3.63) is 70.3 Å². The number of benzene rings is 2. The Labute approximate surface area is 156 Å². The van der Waals surface area contributed by atoms with E-state index in [1.54, 1.807) is 17.7 Å². The van der Waals surface area contributed by atoms with Crippen LogP contribution in [-0.2, 0) is 13.0 Å². The number of aromatic nitrogens is 3. The number of carbonyl (C=O) groups is 1. The maximum absolute atomic E-state index is 14.8. The average molecular weight is 365 g/mol. The van der Waals surface area contributed by atoms with Gasteiger partial charge in [0.25, 0.3) is 5.91 Å². The summed E-state index contributed by atoms with van der Waals surface area (Å²) < 4.78 is 16.4. The zero-order valence-electron chi connectivity index (χ0n) is 15.2. The second-order valence-electron chi connectivity index (χ2n) is 6.72. The zero-order chi connectivity index (χ0) is 19.0. The summed E-state index contributed by atoms with van der Waals surface area (Å²) in [6.45, 7) is 5.14. The maximum Gasteiger partial charge on any atom is 0.278 e. The predicted octanol–water partition coefficient (Wildman–Crippen LogP) is 2.92. The molecule has 0 bridgehead atoms. The summed E-state index contributed by atoms with van der Waals surface area (Å²) in [5.41, 5.74) is 4.48. The molecule has 0 radical (unpaired) electrons. The molecule has 0 fully saturated rings. The number of fused-ring (bicyclic) bond motifs is 1. The monoisotopic (exact) mass is 365 g/mol. The lowest BCUT2D eigenvalue weighted by molar-refractivity contribution is 0.102. The highest BCUT2D eigenvalue weighted by Crippen LogP contribution is 2.25. The molecule has 4 rings (SSSR count). The van der Waals surface area contributed by atoms with Gasteiger partial charge < -0.3 is 10.6 Å². The van der Waals surface area contributed by atoms with Gasteiger partial charge in [-0.2, -0.15) is 0 Å². The number of carbonyl (C=O) groups excluding carboxylic acids is 1. The molecular formula is C20H20FN5O. The predicted molar refractivity (Wildman–Crippen MR) is 101 cm³/mol. The third kappa shape index (κ3) is 3.21. The molecule has 2 N–H and O–H groups in total. The van der Waals surface area contributed by atoms with Gasteiger partial charge in [0.05, 0.1) is 17.1 Å². The van der Waals surface area contributed by atoms with Crippen molar-refractivity contribution in [3.63, 3.8) is 0 Å². The molecule has 6 nitrogen and oxygen atoms in total. The second kappa shape index (κ2) is 6.92. The van der Waals surface area contributed by atoms with E-state index in [0.29, 0.717) is 24.2 Å². The van der Waals surface area contributed by atoms with Gasteiger partial charge in [-0.25, -0.2) is 9.07 Å². The van der Waals surface area contributed by atoms with Crippen LogP contribution in [-0.4, -0.2) is 27.4 Å². The quantitative estimate of drug-likeness (QED) is 0.749. The fourth-order valence-electron chi connectivity index (χ4n) is 3.28. The Kier molecular flexibility index (Phi) is 4.45. The third-order valence-electron chi connectivity index (χ3n) is 4.84. The molecule has 1 aliphatic heterocycles. The van der Waals surface area contributed by atoms with Gasteiger partial charge in [0.15, 0.2) is 5.69 Å². The van der Waals surface area contributed by atoms with Crippen molar-refractivity contribution in [1.29, 1.82) is 0 Å². The van der Waals surface area contributed by atoms with E-state index in [1.807, 2.05) is 37.3 Å². The van der Waals surface area contributed by atoms with Gasteiger partial charge in [0.1, 0.15) is 5.82 Å². The number of halogens is 1. The summed E-state index contributed by atoms with van der Waals surface area (Å²) >= 11 is 0. The van der Waals surface area contributed by atoms with Crippen LogP contribution < -0.4 is 10.6 Å². The molecule has 2 heterocycles. The first-order chi connectivity index (χ1) is 13.0. The number of anilines is 1. The van der Waals surface area contributed by atoms with Crippen LogP contribution in [0, 0.1) is 19.7 Å². The molecular weight excluding hydrogens is 345 g/mol. The smallest absolute Gasteiger partial charge is 0.278 e. The Bertz CT molecular complexity index is 1010. The molecule has 7 heteroatoms. The van der Waals surface area contributed by atoms with Crippen LogP contribution in [0.3, 0.4) is 0 Å². The first-order valence-electron chi connectivity index (χ1n) is 8.86. The summed E-state index contributed by atoms with van der Waals surface area (Å²) in [5.74, 6) is -0.843. The molecule has 1 aliphatic rings. The molecule has 3 aromatic rings. The van der Waals surface area contributed by atoms with Crippen LogP contribution in [0.25, 0.3) is 5.69 Å². The number of hydrogen-bond acceptors (Lipinski definition) is 4. The van der Waals surface area contributed by atoms with Gasteiger partial charge in [-0.05, 0) is 56.1 Å². The Balaban J connectivity index is 1.60. The largest absolute Gasteiger partial charge is 0.318 e. The van der Waals surface area contributed by atoms with E-state index in [4.69, 9.17) is 0 Å². The van der Waals surface area contributed by atoms with Crippen LogP contribution in [0.1, 0.15) is 32.9 Å². The highest BCUT2D eigenvalue weighted by molar-refractivity contribution is 6.03. The van der Waals surface area contributed by atoms with Crippen molar-refractivity contribution < 1.29 is 9.18 Å². The summed E-state index contributed by atoms with van der Waals surface area (Å²) in [6, 6.07) is 11.2. The fraction of sp³-hybridized carbons (Fsp3) is 0.250. The van der Waals surface area contributed by atoms with E-state index in [-0.39, 0.29) is 17.2 Å². The lowest BCUT2D eigenvalue weighted by Crippen LogP contribution is -2.25. The Morgan fingerprint density at radius 1 is 1.19 bits per heavy atom. The Morgan fingerprint density at radius 2 is 1.96 bits per heavy atom. The number of rotatable bonds is 3. The molecule has 0 spiro atoms. The lowest BCUT2D eigenvalue weighted by Gasteiger charge is -2.19. The molecule has 0 atom stereocenters. The molecule has 1 aromatic heterocycles. The number of aryl methyl sites for hydroxylation is 1. The van der Waals surface area contributed by atoms with Gasteiger partial charge in [-0.3, -0.25) is 4.79 Å². The van der Waals surface area contributed by atoms with Gasteiger partial charge in [0, 0.05) is 6.54 Å². The molecule has 1 amide bonds. The summed E-state index contributed by atoms with van der Waals surface area (Å²) in [7, 11) is 0. The summed E-state index contributed by atoms with van der Waals surface area (Å²) in [4.78, 5) is 12.6. The minimum atomic E-state index is -0.473. The molecule has 27 heavy (non-hydrogen) atoms. The molecule has 0 unspecified atom stereocenters. The maximum atomic E-state index is 14.8. The SMILES string of the molecule is Cc1ccc(-n2nnc(C(=O)Nc3ccc4c(c3F)CCNC4)c2C)cc1. The molecule has 0 saturated heterocycles. The molecule has 138 valence electrons. The normalized spacial score (nSPS) is 13.3. The summed E-state index contributed by atoms with van der Waals surface area (Å²) in [6.07, 6.45) is 0.605. The van der Waals surface area contributed by atoms with Crippen LogP contribution in [0.2, 0.25) is 0 Å². The first kappa shape index (κ1) is 17.4. The van der Waals surface area contributed by atoms with Crippen LogP contribution in [0.15, 0.2) is 36.4 Å². The van der Waals surface area contributed by atoms with Crippen molar-refractivity contribution in [2.75, 3.05) is 11.9 Å². The Morgan fingerprint density at radius 3 is 2.74 bits per heavy atom. The minimum absolute atomic E-state index is 0.171. The van der Waals surface area contributed by atoms with E-state index in [0.717, 1.165) is 23.4 Å². The standard InChI is InChI=1S/C20H20FN5O/c1-12-3-6-15(7-4-12)26-13(2)19(24-25-26)20(27)23-17-8-5-14-11-22-10-9-16(14)18(17)21/h3-8,22H,9-11H2,1-2H3,(H,23,27). The number of hydrogen-bond donors (Lipinski definition) is 2. The van der Waals surface area contributed by atoms with Crippen molar-refractivity contribution >= 4 is 11.6 Å². The summed E-state index contributed by atoms with van der Waals surface area (Å²) in [5, 5.41) is 13.9. The number of nitrogens with zero attached hydrogens (tertiary/aromatic N) is 3. The highest BCUT2D eigenvalue weighted by Gasteiger charge is 2.21. The van der Waals surface area contributed by atoms with E-state index in [9.17, 15) is 9.18 Å². The highest BCUT2D eigenvalue weighted by atomic mass is 19.1. The first-order valence-corrected chi connectivity index (χ1v) is 8.86. The van der Waals surface area contributed by atoms with Crippen molar-refractivity contribution in [2.45, 2.75) is 26.8 Å². The zero-order valence-corrected chi connectivity index (χ0v) is 15.2. The third-order valence-corrected chi connectivity index (χ3v) is 4.84. The van der Waals surface area contributed by atoms with Crippen molar-refractivity contribution in [2.24, 2.45) is 0 Å². The fourth-order valence-corrected chi connectivity index (χ4v) is 3.28. The van der Waals surface area contributed by atoms with Gasteiger partial charge in [-0.15, -0.1) is 5.10 Å². The van der Waals surface area contributed by atoms with E-state index < -0.39 is 5.91 Å². The molecule has 2 aromatic carbocycles. The van der Waals surface area contributed by atoms with E-state index in [2.05, 4.69) is 20.9 Å². The molecule has 0 aliphatic carbocycles. The molecule has 0 saturated carbocycles. The number of amides is 1. The minimum Gasteiger partial charge on any atom is -0.318 e. The topological polar surface area (TPSA) is 71.8 Å². The van der Waals surface area contributed by atoms with E-state index in [1.165, 1.54) is 0 Å². The number of nitrogens with one attached hydrogen (secondary N) is 2. The van der Waals surface area contributed by atoms with Crippen LogP contribution >= 0.6 is 0 Å². The van der Waals surface area contributed by atoms with E-state index >= 15 is 0 Å². The van der Waals surface area contributed by atoms with Crippen molar-refractivity contribution in [3.8, 4) is 5.69 Å². The van der Waals surface area contributed by atoms with Gasteiger partial charge >= 0.3 is 0 Å². The van der Waals surface area contributed by atoms with Gasteiger partial charge in [-0.1, -0.05) is 29.0 Å². The van der Waals surface area contributed by atoms with Gasteiger partial charge in [0.2, 0.25) is 0 Å².